The van der Waals surface area contributed by atoms with Crippen LogP contribution in [0.3, 0.4) is 0 Å². The van der Waals surface area contributed by atoms with Crippen molar-refractivity contribution in [3.8, 4) is 34.5 Å². The van der Waals surface area contributed by atoms with E-state index in [4.69, 9.17) is 9.47 Å². The van der Waals surface area contributed by atoms with Gasteiger partial charge in [-0.2, -0.15) is 8.42 Å². The van der Waals surface area contributed by atoms with Crippen LogP contribution in [-0.2, 0) is 33.1 Å². The van der Waals surface area contributed by atoms with Crippen LogP contribution in [0.5, 0.6) is 34.5 Å². The monoisotopic (exact) mass is 822 g/mol. The predicted molar refractivity (Wildman–Crippen MR) is 214 cm³/mol. The van der Waals surface area contributed by atoms with Gasteiger partial charge in [-0.1, -0.05) is 121 Å². The summed E-state index contributed by atoms with van der Waals surface area (Å²) < 4.78 is 77.2. The topological polar surface area (TPSA) is 173 Å². The summed E-state index contributed by atoms with van der Waals surface area (Å²) >= 11 is 0. The van der Waals surface area contributed by atoms with Crippen LogP contribution in [0.1, 0.15) is 115 Å². The minimum absolute atomic E-state index is 0. The van der Waals surface area contributed by atoms with E-state index in [0.717, 1.165) is 37.8 Å². The Morgan fingerprint density at radius 3 is 1.36 bits per heavy atom. The molecular weight excluding hydrogens is 769 g/mol. The van der Waals surface area contributed by atoms with E-state index < -0.39 is 35.8 Å². The summed E-state index contributed by atoms with van der Waals surface area (Å²) in [6.45, 7) is 4.44. The van der Waals surface area contributed by atoms with Crippen molar-refractivity contribution in [2.24, 2.45) is 0 Å². The third kappa shape index (κ3) is 18.8. The number of unbranched alkanes of at least 4 members (excludes halogenated alkanes) is 12. The van der Waals surface area contributed by atoms with Gasteiger partial charge >= 0.3 is 37.7 Å². The van der Waals surface area contributed by atoms with Gasteiger partial charge < -0.3 is 24.2 Å². The number of benzene rings is 4. The Bertz CT molecular complexity index is 1770. The van der Waals surface area contributed by atoms with Gasteiger partial charge in [0, 0.05) is 6.07 Å². The third-order valence-electron chi connectivity index (χ3n) is 8.83. The number of phenolic OH excluding ortho intramolecular Hbond substituents is 1. The molecule has 296 valence electrons. The molecule has 0 heterocycles. The first-order chi connectivity index (χ1) is 25.8. The van der Waals surface area contributed by atoms with Gasteiger partial charge in [-0.25, -0.2) is 8.42 Å². The summed E-state index contributed by atoms with van der Waals surface area (Å²) in [6.07, 6.45) is 19.7. The summed E-state index contributed by atoms with van der Waals surface area (Å²) in [5.41, 5.74) is 2.39. The van der Waals surface area contributed by atoms with Gasteiger partial charge in [-0.05, 0) is 85.3 Å². The van der Waals surface area contributed by atoms with Crippen LogP contribution in [0.2, 0.25) is 0 Å². The fourth-order valence-electron chi connectivity index (χ4n) is 5.83. The molecule has 0 saturated heterocycles. The molecule has 4 aromatic carbocycles. The molecule has 4 aromatic rings. The molecule has 13 heteroatoms. The molecule has 10 nitrogen and oxygen atoms in total. The molecule has 0 saturated carbocycles. The van der Waals surface area contributed by atoms with Crippen LogP contribution < -0.4 is 14.6 Å². The fraction of sp³-hybridized carbons (Fsp3) is 0.429. The molecule has 0 atom stereocenters. The van der Waals surface area contributed by atoms with Gasteiger partial charge in [-0.15, -0.1) is 5.75 Å². The van der Waals surface area contributed by atoms with E-state index in [9.17, 15) is 36.2 Å². The van der Waals surface area contributed by atoms with Crippen molar-refractivity contribution in [1.29, 1.82) is 0 Å². The van der Waals surface area contributed by atoms with E-state index in [1.165, 1.54) is 112 Å². The molecule has 0 fully saturated rings. The minimum atomic E-state index is -4.78. The van der Waals surface area contributed by atoms with E-state index >= 15 is 0 Å². The van der Waals surface area contributed by atoms with E-state index in [-0.39, 0.29) is 55.0 Å². The van der Waals surface area contributed by atoms with Crippen molar-refractivity contribution in [2.45, 2.75) is 126 Å². The molecule has 2 N–H and O–H groups in total. The maximum absolute atomic E-state index is 11.4. The molecule has 0 aliphatic rings. The summed E-state index contributed by atoms with van der Waals surface area (Å²) in [5.74, 6) is -0.0998. The van der Waals surface area contributed by atoms with Crippen molar-refractivity contribution in [3.63, 3.8) is 0 Å². The smallest absolute Gasteiger partial charge is 0.872 e. The first kappa shape index (κ1) is 48.3. The number of hydrogen-bond donors (Lipinski definition) is 2. The van der Waals surface area contributed by atoms with Crippen LogP contribution in [0, 0.1) is 0 Å². The Morgan fingerprint density at radius 2 is 0.945 bits per heavy atom. The van der Waals surface area contributed by atoms with Gasteiger partial charge in [-0.3, -0.25) is 4.55 Å². The van der Waals surface area contributed by atoms with Crippen LogP contribution in [0.25, 0.3) is 0 Å². The number of aromatic hydroxyl groups is 1. The SMILES string of the molecule is CCCCCCCCCc1ccc(Oc2ccc(O)cc2S(=O)(=O)O)cc1.CCCCCCCCCc1ccc(Oc2ccc([O-])cc2S(=O)(=O)[O-])cc1.[Ca+2]. The maximum Gasteiger partial charge on any atom is 2.00 e. The fourth-order valence-corrected chi connectivity index (χ4v) is 7.08. The predicted octanol–water partition coefficient (Wildman–Crippen LogP) is 10.1. The van der Waals surface area contributed by atoms with Crippen LogP contribution in [0.4, 0.5) is 0 Å². The Kier molecular flexibility index (Phi) is 22.3. The largest absolute Gasteiger partial charge is 2.00 e. The third-order valence-corrected chi connectivity index (χ3v) is 10.6. The average Bonchev–Trinajstić information content (AvgIpc) is 3.13. The molecule has 0 radical (unpaired) electrons. The van der Waals surface area contributed by atoms with Crippen molar-refractivity contribution in [3.05, 3.63) is 96.1 Å². The normalized spacial score (nSPS) is 11.3. The van der Waals surface area contributed by atoms with Crippen molar-refractivity contribution >= 4 is 58.0 Å². The Morgan fingerprint density at radius 1 is 0.545 bits per heavy atom. The second kappa shape index (κ2) is 25.4. The van der Waals surface area contributed by atoms with Crippen LogP contribution in [0.15, 0.2) is 94.7 Å². The maximum atomic E-state index is 11.4. The number of phenols is 1. The molecule has 0 aromatic heterocycles. The molecule has 0 bridgehead atoms. The Labute approximate surface area is 357 Å². The molecule has 55 heavy (non-hydrogen) atoms. The molecule has 0 unspecified atom stereocenters. The first-order valence-electron chi connectivity index (χ1n) is 18.9. The van der Waals surface area contributed by atoms with Gasteiger partial charge in [0.1, 0.15) is 43.8 Å². The zero-order valence-corrected chi connectivity index (χ0v) is 35.9. The van der Waals surface area contributed by atoms with E-state index in [0.29, 0.717) is 11.5 Å². The summed E-state index contributed by atoms with van der Waals surface area (Å²) in [6, 6.07) is 21.5. The molecular formula is C42H54CaO10S2. The van der Waals surface area contributed by atoms with Crippen molar-refractivity contribution in [2.75, 3.05) is 0 Å². The summed E-state index contributed by atoms with van der Waals surface area (Å²) in [5, 5.41) is 20.8. The average molecular weight is 823 g/mol. The molecule has 0 aliphatic carbocycles. The van der Waals surface area contributed by atoms with Crippen LogP contribution in [-0.4, -0.2) is 68.8 Å². The number of aryl methyl sites for hydroxylation is 2. The minimum Gasteiger partial charge on any atom is -0.872 e. The Hall–Kier alpha value is -2.84. The Balaban J connectivity index is 0.000000373. The molecule has 0 aliphatic heterocycles. The zero-order valence-electron chi connectivity index (χ0n) is 32.1. The first-order valence-corrected chi connectivity index (χ1v) is 21.8. The quantitative estimate of drug-likeness (QED) is 0.0441. The van der Waals surface area contributed by atoms with Crippen molar-refractivity contribution < 1.29 is 45.6 Å². The van der Waals surface area contributed by atoms with E-state index in [1.807, 2.05) is 24.3 Å². The van der Waals surface area contributed by atoms with Gasteiger partial charge in [0.2, 0.25) is 0 Å². The number of hydrogen-bond acceptors (Lipinski definition) is 9. The zero-order chi connectivity index (χ0) is 39.4. The molecule has 0 spiro atoms. The van der Waals surface area contributed by atoms with E-state index in [2.05, 4.69) is 13.8 Å². The van der Waals surface area contributed by atoms with Gasteiger partial charge in [0.15, 0.2) is 0 Å². The van der Waals surface area contributed by atoms with E-state index in [1.54, 1.807) is 24.3 Å². The standard InChI is InChI=1S/2C21H28O5S.Ca/c2*1-2-3-4-5-6-7-8-9-17-10-13-19(14-11-17)26-20-15-12-18(22)16-21(20)27(23,24)25;/h2*10-16,22H,2-9H2,1H3,(H,23,24,25);/q;;+2/p-2. The number of ether oxygens (including phenoxy) is 2. The number of rotatable bonds is 22. The second-order valence-corrected chi connectivity index (χ2v) is 16.1. The van der Waals surface area contributed by atoms with Gasteiger partial charge in [0.25, 0.3) is 10.1 Å². The second-order valence-electron chi connectivity index (χ2n) is 13.4. The summed E-state index contributed by atoms with van der Waals surface area (Å²) in [4.78, 5) is -1.10. The van der Waals surface area contributed by atoms with Crippen molar-refractivity contribution in [1.82, 2.24) is 0 Å². The molecule has 4 rings (SSSR count). The van der Waals surface area contributed by atoms with Gasteiger partial charge in [0.05, 0.1) is 4.90 Å². The summed E-state index contributed by atoms with van der Waals surface area (Å²) in [7, 11) is -9.28. The molecule has 0 amide bonds. The van der Waals surface area contributed by atoms with Crippen LogP contribution >= 0.6 is 0 Å².